The molecule has 0 atom stereocenters. The lowest BCUT2D eigenvalue weighted by molar-refractivity contribution is 0.396. The van der Waals surface area contributed by atoms with Crippen molar-refractivity contribution >= 4 is 12.2 Å². The molecular weight excluding hydrogens is 300 g/mol. The number of benzene rings is 1. The van der Waals surface area contributed by atoms with E-state index < -0.39 is 5.63 Å². The molecular formula is C21H22O3. The van der Waals surface area contributed by atoms with Gasteiger partial charge in [0.1, 0.15) is 11.5 Å². The number of hydrogen-bond acceptors (Lipinski definition) is 3. The Morgan fingerprint density at radius 1 is 1.12 bits per heavy atom. The highest BCUT2D eigenvalue weighted by Gasteiger charge is 2.06. The van der Waals surface area contributed by atoms with Crippen LogP contribution in [-0.4, -0.2) is 7.11 Å². The molecule has 0 radical (unpaired) electrons. The Bertz CT molecular complexity index is 837. The average Bonchev–Trinajstić information content (AvgIpc) is 2.56. The summed E-state index contributed by atoms with van der Waals surface area (Å²) >= 11 is 0. The maximum absolute atomic E-state index is 11.5. The molecule has 0 spiro atoms. The second-order valence-electron chi connectivity index (χ2n) is 5.64. The van der Waals surface area contributed by atoms with E-state index in [0.717, 1.165) is 22.3 Å². The van der Waals surface area contributed by atoms with Crippen molar-refractivity contribution in [2.24, 2.45) is 0 Å². The fraction of sp³-hybridized carbons (Fsp3) is 0.190. The van der Waals surface area contributed by atoms with E-state index in [2.05, 4.69) is 31.2 Å². The number of hydrogen-bond donors (Lipinski definition) is 0. The molecule has 0 aliphatic carbocycles. The number of allylic oxidation sites excluding steroid dienone is 4. The van der Waals surface area contributed by atoms with Gasteiger partial charge in [0.25, 0.3) is 0 Å². The Hall–Kier alpha value is -2.81. The number of ether oxygens (including phenoxy) is 1. The minimum absolute atomic E-state index is 0.418. The van der Waals surface area contributed by atoms with Crippen molar-refractivity contribution in [1.29, 1.82) is 0 Å². The largest absolute Gasteiger partial charge is 0.496 e. The van der Waals surface area contributed by atoms with Crippen LogP contribution in [0.5, 0.6) is 5.75 Å². The molecule has 0 N–H and O–H groups in total. The van der Waals surface area contributed by atoms with E-state index in [0.29, 0.717) is 11.5 Å². The van der Waals surface area contributed by atoms with Crippen molar-refractivity contribution in [3.63, 3.8) is 0 Å². The maximum atomic E-state index is 11.5. The molecule has 0 aliphatic rings. The van der Waals surface area contributed by atoms with E-state index in [1.807, 2.05) is 38.1 Å². The number of methoxy groups -OCH3 is 1. The molecule has 24 heavy (non-hydrogen) atoms. The molecule has 0 fully saturated rings. The Morgan fingerprint density at radius 2 is 1.83 bits per heavy atom. The predicted octanol–water partition coefficient (Wildman–Crippen LogP) is 5.02. The van der Waals surface area contributed by atoms with Gasteiger partial charge in [-0.05, 0) is 32.4 Å². The first-order chi connectivity index (χ1) is 11.5. The summed E-state index contributed by atoms with van der Waals surface area (Å²) in [7, 11) is 1.54. The van der Waals surface area contributed by atoms with Crippen molar-refractivity contribution in [1.82, 2.24) is 0 Å². The second-order valence-corrected chi connectivity index (χ2v) is 5.64. The lowest BCUT2D eigenvalue weighted by Gasteiger charge is -2.05. The van der Waals surface area contributed by atoms with Crippen LogP contribution in [0.2, 0.25) is 0 Å². The van der Waals surface area contributed by atoms with Crippen LogP contribution in [0.1, 0.15) is 30.7 Å². The third kappa shape index (κ3) is 4.85. The molecule has 2 aromatic rings. The first kappa shape index (κ1) is 17.5. The van der Waals surface area contributed by atoms with Gasteiger partial charge < -0.3 is 9.15 Å². The monoisotopic (exact) mass is 322 g/mol. The quantitative estimate of drug-likeness (QED) is 0.726. The van der Waals surface area contributed by atoms with Crippen molar-refractivity contribution in [2.75, 3.05) is 7.11 Å². The van der Waals surface area contributed by atoms with Crippen LogP contribution in [0.4, 0.5) is 0 Å². The van der Waals surface area contributed by atoms with Crippen LogP contribution in [0.3, 0.4) is 0 Å². The molecule has 0 amide bonds. The first-order valence-corrected chi connectivity index (χ1v) is 7.78. The Morgan fingerprint density at radius 3 is 2.50 bits per heavy atom. The average molecular weight is 322 g/mol. The van der Waals surface area contributed by atoms with Gasteiger partial charge in [-0.2, -0.15) is 0 Å². The Balaban J connectivity index is 2.21. The Labute approximate surface area is 142 Å². The molecule has 0 saturated heterocycles. The zero-order chi connectivity index (χ0) is 17.5. The lowest BCUT2D eigenvalue weighted by Crippen LogP contribution is -2.02. The van der Waals surface area contributed by atoms with Gasteiger partial charge in [-0.1, -0.05) is 59.7 Å². The highest BCUT2D eigenvalue weighted by molar-refractivity contribution is 5.58. The highest BCUT2D eigenvalue weighted by Crippen LogP contribution is 2.20. The summed E-state index contributed by atoms with van der Waals surface area (Å²) in [6, 6.07) is 11.5. The SMILES string of the molecule is COc1cc(=O)oc(C=CC(C)=CC(C)=Cc2ccccc2)c1C. The Kier molecular flexibility index (Phi) is 5.96. The third-order valence-corrected chi connectivity index (χ3v) is 3.57. The van der Waals surface area contributed by atoms with Gasteiger partial charge >= 0.3 is 5.63 Å². The van der Waals surface area contributed by atoms with E-state index in [1.54, 1.807) is 6.08 Å². The van der Waals surface area contributed by atoms with Gasteiger partial charge in [-0.25, -0.2) is 4.79 Å². The molecule has 2 rings (SSSR count). The molecule has 3 heteroatoms. The van der Waals surface area contributed by atoms with Crippen LogP contribution >= 0.6 is 0 Å². The van der Waals surface area contributed by atoms with Crippen LogP contribution < -0.4 is 10.4 Å². The fourth-order valence-electron chi connectivity index (χ4n) is 2.39. The first-order valence-electron chi connectivity index (χ1n) is 7.78. The van der Waals surface area contributed by atoms with Gasteiger partial charge in [0, 0.05) is 5.56 Å². The molecule has 0 unspecified atom stereocenters. The molecule has 1 heterocycles. The van der Waals surface area contributed by atoms with Crippen molar-refractivity contribution in [2.45, 2.75) is 20.8 Å². The summed E-state index contributed by atoms with van der Waals surface area (Å²) in [5, 5.41) is 0. The fourth-order valence-corrected chi connectivity index (χ4v) is 2.39. The summed E-state index contributed by atoms with van der Waals surface area (Å²) in [6.45, 7) is 5.93. The molecule has 1 aromatic carbocycles. The van der Waals surface area contributed by atoms with Gasteiger partial charge in [-0.15, -0.1) is 0 Å². The standard InChI is InChI=1S/C21H22O3/c1-15(12-16(2)13-18-8-6-5-7-9-18)10-11-19-17(3)20(23-4)14-21(22)24-19/h5-14H,1-4H3. The van der Waals surface area contributed by atoms with E-state index in [4.69, 9.17) is 9.15 Å². The molecule has 0 bridgehead atoms. The lowest BCUT2D eigenvalue weighted by atomic mass is 10.1. The van der Waals surface area contributed by atoms with E-state index in [1.165, 1.54) is 13.2 Å². The van der Waals surface area contributed by atoms with Gasteiger partial charge in [0.2, 0.25) is 0 Å². The molecule has 0 aliphatic heterocycles. The van der Waals surface area contributed by atoms with Crippen molar-refractivity contribution < 1.29 is 9.15 Å². The molecule has 3 nitrogen and oxygen atoms in total. The third-order valence-electron chi connectivity index (χ3n) is 3.57. The van der Waals surface area contributed by atoms with Gasteiger partial charge in [0.15, 0.2) is 0 Å². The molecule has 1 aromatic heterocycles. The van der Waals surface area contributed by atoms with Crippen LogP contribution in [0.15, 0.2) is 68.9 Å². The summed E-state index contributed by atoms with van der Waals surface area (Å²) in [5.41, 5.74) is 3.76. The van der Waals surface area contributed by atoms with Crippen LogP contribution in [-0.2, 0) is 0 Å². The van der Waals surface area contributed by atoms with Crippen LogP contribution in [0, 0.1) is 6.92 Å². The van der Waals surface area contributed by atoms with Crippen LogP contribution in [0.25, 0.3) is 12.2 Å². The highest BCUT2D eigenvalue weighted by atomic mass is 16.5. The predicted molar refractivity (Wildman–Crippen MR) is 99.2 cm³/mol. The summed E-state index contributed by atoms with van der Waals surface area (Å²) in [4.78, 5) is 11.5. The van der Waals surface area contributed by atoms with Crippen molar-refractivity contribution in [3.8, 4) is 5.75 Å². The van der Waals surface area contributed by atoms with Crippen molar-refractivity contribution in [3.05, 3.63) is 87.0 Å². The summed E-state index contributed by atoms with van der Waals surface area (Å²) in [6.07, 6.45) is 7.92. The van der Waals surface area contributed by atoms with E-state index in [-0.39, 0.29) is 0 Å². The topological polar surface area (TPSA) is 39.4 Å². The van der Waals surface area contributed by atoms with Gasteiger partial charge in [-0.3, -0.25) is 0 Å². The summed E-state index contributed by atoms with van der Waals surface area (Å²) < 4.78 is 10.4. The second kappa shape index (κ2) is 8.16. The molecule has 0 saturated carbocycles. The minimum Gasteiger partial charge on any atom is -0.496 e. The molecule has 124 valence electrons. The van der Waals surface area contributed by atoms with E-state index >= 15 is 0 Å². The maximum Gasteiger partial charge on any atom is 0.339 e. The smallest absolute Gasteiger partial charge is 0.339 e. The summed E-state index contributed by atoms with van der Waals surface area (Å²) in [5.74, 6) is 1.05. The minimum atomic E-state index is -0.418. The number of rotatable bonds is 5. The zero-order valence-electron chi connectivity index (χ0n) is 14.5. The zero-order valence-corrected chi connectivity index (χ0v) is 14.5. The normalized spacial score (nSPS) is 12.7. The van der Waals surface area contributed by atoms with E-state index in [9.17, 15) is 4.79 Å². The van der Waals surface area contributed by atoms with Gasteiger partial charge in [0.05, 0.1) is 13.2 Å².